The van der Waals surface area contributed by atoms with Gasteiger partial charge in [-0.3, -0.25) is 0 Å². The first-order valence-corrected chi connectivity index (χ1v) is 9.24. The van der Waals surface area contributed by atoms with Gasteiger partial charge in [-0.25, -0.2) is 13.1 Å². The molecule has 0 fully saturated rings. The average molecular weight is 347 g/mol. The van der Waals surface area contributed by atoms with Crippen molar-refractivity contribution in [2.75, 3.05) is 19.8 Å². The van der Waals surface area contributed by atoms with E-state index in [9.17, 15) is 8.42 Å². The van der Waals surface area contributed by atoms with Crippen molar-refractivity contribution >= 4 is 10.0 Å². The highest BCUT2D eigenvalue weighted by Crippen LogP contribution is 2.31. The molecule has 2 aromatic carbocycles. The smallest absolute Gasteiger partial charge is 0.240 e. The van der Waals surface area contributed by atoms with Gasteiger partial charge in [-0.05, 0) is 41.5 Å². The lowest BCUT2D eigenvalue weighted by Gasteiger charge is -2.19. The first kappa shape index (κ1) is 15.3. The maximum absolute atomic E-state index is 12.5. The zero-order valence-corrected chi connectivity index (χ0v) is 13.8. The van der Waals surface area contributed by atoms with Gasteiger partial charge in [-0.1, -0.05) is 6.07 Å². The number of hydrogen-bond acceptors (Lipinski definition) is 5. The van der Waals surface area contributed by atoms with Gasteiger partial charge in [0.05, 0.1) is 11.5 Å². The van der Waals surface area contributed by atoms with Crippen LogP contribution in [0.3, 0.4) is 0 Å². The molecular formula is C17H17NO5S. The second kappa shape index (κ2) is 5.99. The number of sulfonamides is 1. The lowest BCUT2D eigenvalue weighted by molar-refractivity contribution is 0.171. The van der Waals surface area contributed by atoms with Crippen LogP contribution in [0.4, 0.5) is 0 Å². The average Bonchev–Trinajstić information content (AvgIpc) is 3.07. The van der Waals surface area contributed by atoms with Gasteiger partial charge in [-0.15, -0.1) is 0 Å². The standard InChI is InChI=1S/C17H17NO5S/c19-24(20,14-2-4-15-13(10-14)5-6-21-15)18-11-12-1-3-16-17(9-12)23-8-7-22-16/h1-4,9-10,18H,5-8,11H2. The molecule has 2 heterocycles. The maximum atomic E-state index is 12.5. The molecule has 6 nitrogen and oxygen atoms in total. The van der Waals surface area contributed by atoms with E-state index in [0.29, 0.717) is 31.3 Å². The number of fused-ring (bicyclic) bond motifs is 2. The minimum atomic E-state index is -3.58. The molecular weight excluding hydrogens is 330 g/mol. The molecule has 0 bridgehead atoms. The van der Waals surface area contributed by atoms with Crippen molar-refractivity contribution in [3.8, 4) is 17.2 Å². The summed E-state index contributed by atoms with van der Waals surface area (Å²) in [5.74, 6) is 2.10. The Bertz CT molecular complexity index is 879. The number of hydrogen-bond donors (Lipinski definition) is 1. The monoisotopic (exact) mass is 347 g/mol. The first-order valence-electron chi connectivity index (χ1n) is 7.76. The fourth-order valence-electron chi connectivity index (χ4n) is 2.79. The van der Waals surface area contributed by atoms with Crippen LogP contribution in [0.1, 0.15) is 11.1 Å². The van der Waals surface area contributed by atoms with Crippen LogP contribution in [0.2, 0.25) is 0 Å². The van der Waals surface area contributed by atoms with Crippen molar-refractivity contribution in [2.24, 2.45) is 0 Å². The summed E-state index contributed by atoms with van der Waals surface area (Å²) in [4.78, 5) is 0.254. The third-order valence-corrected chi connectivity index (χ3v) is 5.44. The van der Waals surface area contributed by atoms with Gasteiger partial charge < -0.3 is 14.2 Å². The van der Waals surface area contributed by atoms with E-state index < -0.39 is 10.0 Å². The quantitative estimate of drug-likeness (QED) is 0.914. The highest BCUT2D eigenvalue weighted by molar-refractivity contribution is 7.89. The Hall–Kier alpha value is -2.25. The molecule has 0 saturated carbocycles. The van der Waals surface area contributed by atoms with Crippen molar-refractivity contribution in [3.05, 3.63) is 47.5 Å². The largest absolute Gasteiger partial charge is 0.493 e. The van der Waals surface area contributed by atoms with Gasteiger partial charge in [-0.2, -0.15) is 0 Å². The molecule has 0 radical (unpaired) electrons. The summed E-state index contributed by atoms with van der Waals surface area (Å²) in [6, 6.07) is 10.4. The van der Waals surface area contributed by atoms with Gasteiger partial charge in [0, 0.05) is 13.0 Å². The van der Waals surface area contributed by atoms with Gasteiger partial charge in [0.2, 0.25) is 10.0 Å². The zero-order chi connectivity index (χ0) is 16.6. The number of benzene rings is 2. The van der Waals surface area contributed by atoms with Crippen LogP contribution in [0.5, 0.6) is 17.2 Å². The summed E-state index contributed by atoms with van der Waals surface area (Å²) in [7, 11) is -3.58. The van der Waals surface area contributed by atoms with E-state index in [1.165, 1.54) is 0 Å². The van der Waals surface area contributed by atoms with Crippen molar-refractivity contribution in [1.29, 1.82) is 0 Å². The number of ether oxygens (including phenoxy) is 3. The molecule has 0 atom stereocenters. The molecule has 4 rings (SSSR count). The number of nitrogens with one attached hydrogen (secondary N) is 1. The second-order valence-electron chi connectivity index (χ2n) is 5.67. The Kier molecular flexibility index (Phi) is 3.82. The van der Waals surface area contributed by atoms with E-state index in [4.69, 9.17) is 14.2 Å². The van der Waals surface area contributed by atoms with Crippen LogP contribution in [-0.4, -0.2) is 28.2 Å². The Balaban J connectivity index is 1.50. The molecule has 0 spiro atoms. The van der Waals surface area contributed by atoms with E-state index in [1.54, 1.807) is 30.3 Å². The second-order valence-corrected chi connectivity index (χ2v) is 7.44. The van der Waals surface area contributed by atoms with E-state index in [2.05, 4.69) is 4.72 Å². The minimum Gasteiger partial charge on any atom is -0.493 e. The van der Waals surface area contributed by atoms with Crippen LogP contribution in [0.15, 0.2) is 41.3 Å². The first-order chi connectivity index (χ1) is 11.6. The molecule has 0 amide bonds. The lowest BCUT2D eigenvalue weighted by Crippen LogP contribution is -2.23. The molecule has 2 aromatic rings. The van der Waals surface area contributed by atoms with Crippen LogP contribution in [0, 0.1) is 0 Å². The normalized spacial score (nSPS) is 15.7. The molecule has 0 unspecified atom stereocenters. The molecule has 24 heavy (non-hydrogen) atoms. The van der Waals surface area contributed by atoms with Gasteiger partial charge in [0.15, 0.2) is 11.5 Å². The third kappa shape index (κ3) is 2.92. The third-order valence-electron chi connectivity index (χ3n) is 4.04. The van der Waals surface area contributed by atoms with Crippen LogP contribution >= 0.6 is 0 Å². The van der Waals surface area contributed by atoms with E-state index in [-0.39, 0.29) is 11.4 Å². The Labute approximate surface area is 140 Å². The summed E-state index contributed by atoms with van der Waals surface area (Å²) in [6.07, 6.45) is 0.737. The van der Waals surface area contributed by atoms with Gasteiger partial charge >= 0.3 is 0 Å². The van der Waals surface area contributed by atoms with Crippen molar-refractivity contribution in [1.82, 2.24) is 4.72 Å². The minimum absolute atomic E-state index is 0.187. The molecule has 1 N–H and O–H groups in total. The summed E-state index contributed by atoms with van der Waals surface area (Å²) in [5.41, 5.74) is 1.74. The topological polar surface area (TPSA) is 73.9 Å². The molecule has 126 valence electrons. The summed E-state index contributed by atoms with van der Waals surface area (Å²) in [5, 5.41) is 0. The van der Waals surface area contributed by atoms with Crippen molar-refractivity contribution in [3.63, 3.8) is 0 Å². The van der Waals surface area contributed by atoms with Gasteiger partial charge in [0.1, 0.15) is 19.0 Å². The molecule has 0 saturated heterocycles. The van der Waals surface area contributed by atoms with Crippen LogP contribution in [0.25, 0.3) is 0 Å². The van der Waals surface area contributed by atoms with E-state index >= 15 is 0 Å². The fourth-order valence-corrected chi connectivity index (χ4v) is 3.86. The Morgan fingerprint density at radius 3 is 2.50 bits per heavy atom. The Morgan fingerprint density at radius 2 is 1.62 bits per heavy atom. The van der Waals surface area contributed by atoms with E-state index in [0.717, 1.165) is 23.3 Å². The van der Waals surface area contributed by atoms with Gasteiger partial charge in [0.25, 0.3) is 0 Å². The molecule has 0 aromatic heterocycles. The fraction of sp³-hybridized carbons (Fsp3) is 0.294. The predicted octanol–water partition coefficient (Wildman–Crippen LogP) is 1.87. The highest BCUT2D eigenvalue weighted by atomic mass is 32.2. The van der Waals surface area contributed by atoms with Crippen molar-refractivity contribution in [2.45, 2.75) is 17.9 Å². The maximum Gasteiger partial charge on any atom is 0.240 e. The predicted molar refractivity (Wildman–Crippen MR) is 87.1 cm³/mol. The molecule has 2 aliphatic rings. The van der Waals surface area contributed by atoms with E-state index in [1.807, 2.05) is 6.07 Å². The highest BCUT2D eigenvalue weighted by Gasteiger charge is 2.19. The zero-order valence-electron chi connectivity index (χ0n) is 12.9. The van der Waals surface area contributed by atoms with Crippen LogP contribution in [-0.2, 0) is 23.0 Å². The molecule has 2 aliphatic heterocycles. The number of rotatable bonds is 4. The SMILES string of the molecule is O=S(=O)(NCc1ccc2c(c1)OCCO2)c1ccc2c(c1)CCO2. The van der Waals surface area contributed by atoms with Crippen LogP contribution < -0.4 is 18.9 Å². The summed E-state index contributed by atoms with van der Waals surface area (Å²) < 4.78 is 44.0. The molecule has 0 aliphatic carbocycles. The Morgan fingerprint density at radius 1 is 0.875 bits per heavy atom. The summed E-state index contributed by atoms with van der Waals surface area (Å²) >= 11 is 0. The summed E-state index contributed by atoms with van der Waals surface area (Å²) in [6.45, 7) is 1.82. The lowest BCUT2D eigenvalue weighted by atomic mass is 10.2. The van der Waals surface area contributed by atoms with Crippen molar-refractivity contribution < 1.29 is 22.6 Å². The molecule has 7 heteroatoms.